The monoisotopic (exact) mass is 386 g/mol. The van der Waals surface area contributed by atoms with E-state index in [-0.39, 0.29) is 12.4 Å². The molecule has 0 unspecified atom stereocenters. The van der Waals surface area contributed by atoms with Gasteiger partial charge in [0.15, 0.2) is 11.5 Å². The number of hydrogen-bond donors (Lipinski definition) is 0. The van der Waals surface area contributed by atoms with Crippen molar-refractivity contribution >= 4 is 17.9 Å². The molecule has 0 atom stereocenters. The summed E-state index contributed by atoms with van der Waals surface area (Å²) < 4.78 is 21.1. The van der Waals surface area contributed by atoms with Gasteiger partial charge in [0, 0.05) is 5.56 Å². The van der Waals surface area contributed by atoms with Crippen LogP contribution in [0.5, 0.6) is 17.2 Å². The number of esters is 1. The number of para-hydroxylation sites is 1. The van der Waals surface area contributed by atoms with Crippen LogP contribution in [-0.2, 0) is 9.53 Å². The van der Waals surface area contributed by atoms with Gasteiger partial charge in [-0.05, 0) is 31.2 Å². The number of methoxy groups -OCH3 is 3. The van der Waals surface area contributed by atoms with Gasteiger partial charge < -0.3 is 18.9 Å². The molecular weight excluding hydrogens is 360 g/mol. The quantitative estimate of drug-likeness (QED) is 0.354. The van der Waals surface area contributed by atoms with E-state index in [1.165, 1.54) is 0 Å². The number of hydrogen-bond acceptors (Lipinski definition) is 7. The van der Waals surface area contributed by atoms with Crippen LogP contribution in [0.4, 0.5) is 5.69 Å². The summed E-state index contributed by atoms with van der Waals surface area (Å²) in [5, 5.41) is 6.30. The van der Waals surface area contributed by atoms with Gasteiger partial charge in [-0.15, -0.1) is 0 Å². The number of anilines is 1. The number of carbonyl (C=O) groups is 1. The molecule has 7 heteroatoms. The average Bonchev–Trinajstić information content (AvgIpc) is 2.73. The van der Waals surface area contributed by atoms with Crippen LogP contribution in [0.25, 0.3) is 0 Å². The second-order valence-electron chi connectivity index (χ2n) is 5.72. The third-order valence-corrected chi connectivity index (χ3v) is 3.92. The van der Waals surface area contributed by atoms with Gasteiger partial charge in [0.25, 0.3) is 0 Å². The highest BCUT2D eigenvalue weighted by Gasteiger charge is 2.13. The Bertz CT molecular complexity index is 768. The van der Waals surface area contributed by atoms with Crippen molar-refractivity contribution < 1.29 is 23.7 Å². The maximum Gasteiger partial charge on any atom is 0.307 e. The molecule has 0 radical (unpaired) electrons. The fraction of sp³-hybridized carbons (Fsp3) is 0.333. The Morgan fingerprint density at radius 3 is 2.21 bits per heavy atom. The first-order valence-electron chi connectivity index (χ1n) is 8.95. The van der Waals surface area contributed by atoms with E-state index in [0.717, 1.165) is 11.3 Å². The highest BCUT2D eigenvalue weighted by molar-refractivity contribution is 5.83. The molecule has 0 aromatic heterocycles. The third kappa shape index (κ3) is 5.64. The number of benzene rings is 2. The molecule has 0 aliphatic heterocycles. The van der Waals surface area contributed by atoms with Crippen LogP contribution in [0.1, 0.15) is 18.9 Å². The summed E-state index contributed by atoms with van der Waals surface area (Å²) in [5.41, 5.74) is 1.64. The summed E-state index contributed by atoms with van der Waals surface area (Å²) in [7, 11) is 4.68. The molecule has 0 saturated carbocycles. The van der Waals surface area contributed by atoms with Crippen LogP contribution in [0, 0.1) is 0 Å². The van der Waals surface area contributed by atoms with Gasteiger partial charge in [-0.2, -0.15) is 5.10 Å². The molecule has 0 amide bonds. The van der Waals surface area contributed by atoms with Crippen molar-refractivity contribution in [1.82, 2.24) is 0 Å². The molecule has 2 aromatic rings. The Balaban J connectivity index is 2.27. The Kier molecular flexibility index (Phi) is 8.14. The average molecular weight is 386 g/mol. The van der Waals surface area contributed by atoms with Crippen LogP contribution in [0.15, 0.2) is 47.6 Å². The first-order valence-corrected chi connectivity index (χ1v) is 8.95. The maximum absolute atomic E-state index is 11.7. The van der Waals surface area contributed by atoms with Crippen molar-refractivity contribution in [1.29, 1.82) is 0 Å². The van der Waals surface area contributed by atoms with Gasteiger partial charge >= 0.3 is 5.97 Å². The lowest BCUT2D eigenvalue weighted by Crippen LogP contribution is -2.21. The molecular formula is C21H26N2O5. The molecule has 0 bridgehead atoms. The van der Waals surface area contributed by atoms with E-state index in [4.69, 9.17) is 18.9 Å². The van der Waals surface area contributed by atoms with Crippen LogP contribution in [0.3, 0.4) is 0 Å². The molecule has 0 aliphatic carbocycles. The fourth-order valence-corrected chi connectivity index (χ4v) is 2.60. The highest BCUT2D eigenvalue weighted by atomic mass is 16.5. The van der Waals surface area contributed by atoms with E-state index in [1.54, 1.807) is 51.6 Å². The summed E-state index contributed by atoms with van der Waals surface area (Å²) in [6.45, 7) is 2.54. The summed E-state index contributed by atoms with van der Waals surface area (Å²) in [6.07, 6.45) is 1.91. The van der Waals surface area contributed by atoms with Crippen molar-refractivity contribution in [3.05, 3.63) is 48.0 Å². The Hall–Kier alpha value is -3.22. The third-order valence-electron chi connectivity index (χ3n) is 3.92. The molecule has 7 nitrogen and oxygen atoms in total. The largest absolute Gasteiger partial charge is 0.493 e. The van der Waals surface area contributed by atoms with Gasteiger partial charge in [0.2, 0.25) is 5.75 Å². The zero-order valence-electron chi connectivity index (χ0n) is 16.7. The normalized spacial score (nSPS) is 10.6. The molecule has 0 spiro atoms. The van der Waals surface area contributed by atoms with Crippen molar-refractivity contribution in [2.45, 2.75) is 13.3 Å². The Labute approximate surface area is 165 Å². The van der Waals surface area contributed by atoms with Gasteiger partial charge in [-0.25, -0.2) is 0 Å². The molecule has 0 aliphatic rings. The standard InChI is InChI=1S/C21H26N2O5/c1-5-28-20(24)11-12-23(17-9-7-6-8-10-17)22-15-16-13-18(25-2)21(27-4)19(14-16)26-3/h6-10,13-15H,5,11-12H2,1-4H3/b22-15+. The number of nitrogens with zero attached hydrogens (tertiary/aromatic N) is 2. The maximum atomic E-state index is 11.7. The van der Waals surface area contributed by atoms with E-state index in [1.807, 2.05) is 30.3 Å². The number of ether oxygens (including phenoxy) is 4. The minimum atomic E-state index is -0.258. The van der Waals surface area contributed by atoms with E-state index in [0.29, 0.717) is 30.4 Å². The zero-order chi connectivity index (χ0) is 20.4. The van der Waals surface area contributed by atoms with Crippen LogP contribution >= 0.6 is 0 Å². The van der Waals surface area contributed by atoms with Crippen LogP contribution in [0.2, 0.25) is 0 Å². The molecule has 0 fully saturated rings. The van der Waals surface area contributed by atoms with E-state index < -0.39 is 0 Å². The van der Waals surface area contributed by atoms with Gasteiger partial charge in [-0.3, -0.25) is 9.80 Å². The lowest BCUT2D eigenvalue weighted by atomic mass is 10.2. The summed E-state index contributed by atoms with van der Waals surface area (Å²) in [6, 6.07) is 13.2. The Morgan fingerprint density at radius 1 is 1.04 bits per heavy atom. The predicted molar refractivity (Wildman–Crippen MR) is 109 cm³/mol. The Morgan fingerprint density at radius 2 is 1.68 bits per heavy atom. The molecule has 0 saturated heterocycles. The number of hydrazone groups is 1. The highest BCUT2D eigenvalue weighted by Crippen LogP contribution is 2.37. The second kappa shape index (κ2) is 10.8. The molecule has 0 N–H and O–H groups in total. The summed E-state index contributed by atoms with van der Waals surface area (Å²) in [5.74, 6) is 1.35. The molecule has 2 aromatic carbocycles. The minimum absolute atomic E-state index is 0.231. The number of carbonyl (C=O) groups excluding carboxylic acids is 1. The topological polar surface area (TPSA) is 69.6 Å². The SMILES string of the molecule is CCOC(=O)CCN(/N=C/c1cc(OC)c(OC)c(OC)c1)c1ccccc1. The molecule has 150 valence electrons. The molecule has 28 heavy (non-hydrogen) atoms. The van der Waals surface area contributed by atoms with Crippen LogP contribution < -0.4 is 19.2 Å². The van der Waals surface area contributed by atoms with Crippen LogP contribution in [-0.4, -0.2) is 46.7 Å². The lowest BCUT2D eigenvalue weighted by molar-refractivity contribution is -0.142. The zero-order valence-corrected chi connectivity index (χ0v) is 16.7. The van der Waals surface area contributed by atoms with E-state index in [9.17, 15) is 4.79 Å². The minimum Gasteiger partial charge on any atom is -0.493 e. The summed E-state index contributed by atoms with van der Waals surface area (Å²) >= 11 is 0. The van der Waals surface area contributed by atoms with Gasteiger partial charge in [0.05, 0.1) is 52.8 Å². The smallest absolute Gasteiger partial charge is 0.307 e. The lowest BCUT2D eigenvalue weighted by Gasteiger charge is -2.19. The van der Waals surface area contributed by atoms with Crippen molar-refractivity contribution in [2.75, 3.05) is 39.5 Å². The predicted octanol–water partition coefficient (Wildman–Crippen LogP) is 3.51. The van der Waals surface area contributed by atoms with Crippen molar-refractivity contribution in [3.8, 4) is 17.2 Å². The number of rotatable bonds is 10. The van der Waals surface area contributed by atoms with E-state index in [2.05, 4.69) is 5.10 Å². The second-order valence-corrected chi connectivity index (χ2v) is 5.72. The summed E-state index contributed by atoms with van der Waals surface area (Å²) in [4.78, 5) is 11.7. The van der Waals surface area contributed by atoms with Crippen molar-refractivity contribution in [3.63, 3.8) is 0 Å². The van der Waals surface area contributed by atoms with E-state index >= 15 is 0 Å². The first kappa shape index (κ1) is 21.1. The first-order chi connectivity index (χ1) is 13.6. The fourth-order valence-electron chi connectivity index (χ4n) is 2.60. The van der Waals surface area contributed by atoms with Crippen molar-refractivity contribution in [2.24, 2.45) is 5.10 Å². The van der Waals surface area contributed by atoms with Gasteiger partial charge in [-0.1, -0.05) is 18.2 Å². The molecule has 2 rings (SSSR count). The van der Waals surface area contributed by atoms with Gasteiger partial charge in [0.1, 0.15) is 0 Å². The molecule has 0 heterocycles.